The predicted octanol–water partition coefficient (Wildman–Crippen LogP) is 4.26. The molecule has 0 N–H and O–H groups in total. The van der Waals surface area contributed by atoms with Crippen molar-refractivity contribution >= 4 is 11.9 Å². The lowest BCUT2D eigenvalue weighted by Gasteiger charge is -2.05. The van der Waals surface area contributed by atoms with E-state index in [1.807, 2.05) is 50.3 Å². The lowest BCUT2D eigenvalue weighted by molar-refractivity contribution is -0.117. The van der Waals surface area contributed by atoms with Gasteiger partial charge in [0.2, 0.25) is 0 Å². The highest BCUT2D eigenvalue weighted by molar-refractivity contribution is 5.96. The molecule has 2 heterocycles. The van der Waals surface area contributed by atoms with Crippen LogP contribution in [0.2, 0.25) is 0 Å². The zero-order valence-corrected chi connectivity index (χ0v) is 12.3. The third-order valence-corrected chi connectivity index (χ3v) is 3.68. The molecule has 0 saturated heterocycles. The maximum atomic E-state index is 12.0. The summed E-state index contributed by atoms with van der Waals surface area (Å²) < 4.78 is 11.0. The fourth-order valence-corrected chi connectivity index (χ4v) is 2.60. The molecule has 0 spiro atoms. The Morgan fingerprint density at radius 3 is 2.52 bits per heavy atom. The second-order valence-electron chi connectivity index (χ2n) is 5.52. The molecule has 1 unspecified atom stereocenters. The predicted molar refractivity (Wildman–Crippen MR) is 80.8 cm³/mol. The molecule has 1 aliphatic rings. The lowest BCUT2D eigenvalue weighted by Crippen LogP contribution is -2.09. The van der Waals surface area contributed by atoms with Gasteiger partial charge in [-0.3, -0.25) is 4.79 Å². The first kappa shape index (κ1) is 13.7. The molecule has 0 aromatic carbocycles. The van der Waals surface area contributed by atoms with Crippen molar-refractivity contribution in [2.45, 2.75) is 26.7 Å². The average Bonchev–Trinajstić information content (AvgIpc) is 3.11. The largest absolute Gasteiger partial charge is 0.466 e. The zero-order chi connectivity index (χ0) is 14.8. The summed E-state index contributed by atoms with van der Waals surface area (Å²) >= 11 is 0. The van der Waals surface area contributed by atoms with Crippen LogP contribution in [0.5, 0.6) is 0 Å². The van der Waals surface area contributed by atoms with Gasteiger partial charge in [0, 0.05) is 12.3 Å². The Kier molecular flexibility index (Phi) is 3.65. The van der Waals surface area contributed by atoms with E-state index in [2.05, 4.69) is 0 Å². The first-order chi connectivity index (χ1) is 10.1. The van der Waals surface area contributed by atoms with Crippen molar-refractivity contribution in [1.82, 2.24) is 0 Å². The van der Waals surface area contributed by atoms with Crippen LogP contribution in [0.25, 0.3) is 6.08 Å². The maximum Gasteiger partial charge on any atom is 0.159 e. The molecule has 1 atom stereocenters. The van der Waals surface area contributed by atoms with Gasteiger partial charge in [0.15, 0.2) is 5.78 Å². The third-order valence-electron chi connectivity index (χ3n) is 3.68. The Balaban J connectivity index is 1.63. The highest BCUT2D eigenvalue weighted by Crippen LogP contribution is 2.27. The van der Waals surface area contributed by atoms with E-state index in [9.17, 15) is 4.79 Å². The highest BCUT2D eigenvalue weighted by atomic mass is 16.3. The van der Waals surface area contributed by atoms with Crippen LogP contribution in [0.3, 0.4) is 0 Å². The molecule has 0 bridgehead atoms. The van der Waals surface area contributed by atoms with Crippen molar-refractivity contribution in [3.8, 4) is 0 Å². The van der Waals surface area contributed by atoms with Gasteiger partial charge in [-0.15, -0.1) is 0 Å². The fourth-order valence-electron chi connectivity index (χ4n) is 2.60. The number of rotatable bonds is 4. The van der Waals surface area contributed by atoms with Gasteiger partial charge in [0.05, 0.1) is 0 Å². The van der Waals surface area contributed by atoms with E-state index in [4.69, 9.17) is 8.83 Å². The van der Waals surface area contributed by atoms with Crippen molar-refractivity contribution in [2.24, 2.45) is 5.92 Å². The lowest BCUT2D eigenvalue weighted by atomic mass is 9.99. The Bertz CT molecular complexity index is 712. The van der Waals surface area contributed by atoms with Crippen LogP contribution in [0.4, 0.5) is 0 Å². The Labute approximate surface area is 124 Å². The summed E-state index contributed by atoms with van der Waals surface area (Å²) in [6.45, 7) is 3.83. The zero-order valence-electron chi connectivity index (χ0n) is 12.3. The summed E-state index contributed by atoms with van der Waals surface area (Å²) in [7, 11) is 0. The van der Waals surface area contributed by atoms with Crippen LogP contribution >= 0.6 is 0 Å². The molecule has 0 fully saturated rings. The van der Waals surface area contributed by atoms with Crippen LogP contribution in [-0.2, 0) is 11.2 Å². The van der Waals surface area contributed by atoms with Crippen LogP contribution < -0.4 is 0 Å². The first-order valence-corrected chi connectivity index (χ1v) is 7.14. The number of furan rings is 2. The molecule has 3 heteroatoms. The summed E-state index contributed by atoms with van der Waals surface area (Å²) in [5.41, 5.74) is 1.04. The molecule has 0 radical (unpaired) electrons. The highest BCUT2D eigenvalue weighted by Gasteiger charge is 2.25. The van der Waals surface area contributed by atoms with Crippen molar-refractivity contribution in [3.63, 3.8) is 0 Å². The quantitative estimate of drug-likeness (QED) is 0.841. The van der Waals surface area contributed by atoms with Gasteiger partial charge in [-0.25, -0.2) is 0 Å². The molecule has 3 rings (SSSR count). The standard InChI is InChI=1S/C18H18O3/c1-12-3-6-16(20-12)8-5-14-9-15(18(19)10-14)11-17-7-4-13(2)21-17/h3-8,10,15H,9,11H2,1-2H3/b8-5-. The molecule has 108 valence electrons. The number of hydrogen-bond acceptors (Lipinski definition) is 3. The molecule has 2 aromatic heterocycles. The van der Waals surface area contributed by atoms with E-state index in [1.54, 1.807) is 6.08 Å². The monoisotopic (exact) mass is 282 g/mol. The topological polar surface area (TPSA) is 43.4 Å². The molecule has 2 aromatic rings. The van der Waals surface area contributed by atoms with Crippen LogP contribution in [0, 0.1) is 19.8 Å². The minimum absolute atomic E-state index is 0.00598. The van der Waals surface area contributed by atoms with Crippen molar-refractivity contribution < 1.29 is 13.6 Å². The summed E-state index contributed by atoms with van der Waals surface area (Å²) in [5, 5.41) is 0. The summed E-state index contributed by atoms with van der Waals surface area (Å²) in [4.78, 5) is 12.0. The second-order valence-corrected chi connectivity index (χ2v) is 5.52. The van der Waals surface area contributed by atoms with E-state index in [0.717, 1.165) is 35.0 Å². The smallest absolute Gasteiger partial charge is 0.159 e. The molecule has 0 amide bonds. The third kappa shape index (κ3) is 3.24. The van der Waals surface area contributed by atoms with E-state index >= 15 is 0 Å². The molecule has 1 aliphatic carbocycles. The molecular formula is C18H18O3. The summed E-state index contributed by atoms with van der Waals surface area (Å²) in [5.74, 6) is 3.64. The summed E-state index contributed by atoms with van der Waals surface area (Å²) in [6.07, 6.45) is 7.02. The Morgan fingerprint density at radius 1 is 1.10 bits per heavy atom. The van der Waals surface area contributed by atoms with Gasteiger partial charge < -0.3 is 8.83 Å². The Hall–Kier alpha value is -2.29. The van der Waals surface area contributed by atoms with Gasteiger partial charge in [-0.1, -0.05) is 6.08 Å². The maximum absolute atomic E-state index is 12.0. The number of ketones is 1. The molecular weight excluding hydrogens is 264 g/mol. The number of hydrogen-bond donors (Lipinski definition) is 0. The van der Waals surface area contributed by atoms with Gasteiger partial charge in [-0.05, 0) is 62.3 Å². The fraction of sp³-hybridized carbons (Fsp3) is 0.278. The van der Waals surface area contributed by atoms with Crippen LogP contribution in [0.15, 0.2) is 50.8 Å². The number of aryl methyl sites for hydroxylation is 2. The van der Waals surface area contributed by atoms with E-state index in [0.29, 0.717) is 6.42 Å². The second kappa shape index (κ2) is 5.60. The minimum atomic E-state index is -0.00598. The van der Waals surface area contributed by atoms with Gasteiger partial charge >= 0.3 is 0 Å². The van der Waals surface area contributed by atoms with Crippen LogP contribution in [0.1, 0.15) is 29.5 Å². The normalized spacial score (nSPS) is 18.7. The molecule has 0 aliphatic heterocycles. The number of carbonyl (C=O) groups excluding carboxylic acids is 1. The van der Waals surface area contributed by atoms with Gasteiger partial charge in [-0.2, -0.15) is 0 Å². The molecule has 3 nitrogen and oxygen atoms in total. The van der Waals surface area contributed by atoms with Crippen molar-refractivity contribution in [2.75, 3.05) is 0 Å². The minimum Gasteiger partial charge on any atom is -0.466 e. The Morgan fingerprint density at radius 2 is 1.86 bits per heavy atom. The van der Waals surface area contributed by atoms with Crippen molar-refractivity contribution in [3.05, 3.63) is 65.0 Å². The summed E-state index contributed by atoms with van der Waals surface area (Å²) in [6, 6.07) is 7.73. The number of carbonyl (C=O) groups is 1. The SMILES string of the molecule is Cc1ccc(/C=C\C2=CC(=O)C(Cc3ccc(C)o3)C2)o1. The average molecular weight is 282 g/mol. The first-order valence-electron chi connectivity index (χ1n) is 7.14. The van der Waals surface area contributed by atoms with Gasteiger partial charge in [0.25, 0.3) is 0 Å². The molecule has 0 saturated carbocycles. The number of allylic oxidation sites excluding steroid dienone is 3. The molecule has 21 heavy (non-hydrogen) atoms. The van der Waals surface area contributed by atoms with Crippen molar-refractivity contribution in [1.29, 1.82) is 0 Å². The van der Waals surface area contributed by atoms with Gasteiger partial charge in [0.1, 0.15) is 23.0 Å². The van der Waals surface area contributed by atoms with E-state index in [-0.39, 0.29) is 11.7 Å². The van der Waals surface area contributed by atoms with E-state index in [1.165, 1.54) is 0 Å². The van der Waals surface area contributed by atoms with E-state index < -0.39 is 0 Å². The van der Waals surface area contributed by atoms with Crippen LogP contribution in [-0.4, -0.2) is 5.78 Å².